The van der Waals surface area contributed by atoms with Gasteiger partial charge in [-0.3, -0.25) is 0 Å². The summed E-state index contributed by atoms with van der Waals surface area (Å²) in [5.74, 6) is 0. The predicted octanol–water partition coefficient (Wildman–Crippen LogP) is 1.54. The lowest BCUT2D eigenvalue weighted by atomic mass is 10.3. The summed E-state index contributed by atoms with van der Waals surface area (Å²) in [5, 5.41) is 4.65. The lowest BCUT2D eigenvalue weighted by Crippen LogP contribution is -1.97. The van der Waals surface area contributed by atoms with Crippen molar-refractivity contribution in [3.8, 4) is 0 Å². The number of fused-ring (bicyclic) bond motifs is 3. The molecular weight excluding hydrogens is 162 g/mol. The highest BCUT2D eigenvalue weighted by Crippen LogP contribution is 2.32. The van der Waals surface area contributed by atoms with E-state index in [2.05, 4.69) is 28.0 Å². The van der Waals surface area contributed by atoms with E-state index in [0.29, 0.717) is 0 Å². The Labute approximate surface area is 76.4 Å². The van der Waals surface area contributed by atoms with Gasteiger partial charge in [0.2, 0.25) is 0 Å². The van der Waals surface area contributed by atoms with Crippen LogP contribution >= 0.6 is 0 Å². The van der Waals surface area contributed by atoms with Gasteiger partial charge in [-0.1, -0.05) is 0 Å². The van der Waals surface area contributed by atoms with Crippen LogP contribution in [0, 0.1) is 0 Å². The fourth-order valence-corrected chi connectivity index (χ4v) is 2.11. The Bertz CT molecular complexity index is 470. The first-order valence-corrected chi connectivity index (χ1v) is 4.54. The summed E-state index contributed by atoms with van der Waals surface area (Å²) >= 11 is 0. The molecule has 2 aromatic heterocycles. The molecule has 3 heteroatoms. The van der Waals surface area contributed by atoms with Crippen LogP contribution in [0.25, 0.3) is 11.0 Å². The van der Waals surface area contributed by atoms with E-state index in [0.717, 1.165) is 18.6 Å². The molecule has 3 rings (SSSR count). The molecule has 1 N–H and O–H groups in total. The summed E-state index contributed by atoms with van der Waals surface area (Å²) in [6.45, 7) is 1.06. The Morgan fingerprint density at radius 1 is 1.54 bits per heavy atom. The van der Waals surface area contributed by atoms with Crippen LogP contribution in [0.3, 0.4) is 0 Å². The molecule has 0 radical (unpaired) electrons. The van der Waals surface area contributed by atoms with Gasteiger partial charge in [0, 0.05) is 37.3 Å². The van der Waals surface area contributed by atoms with Gasteiger partial charge in [-0.05, 0) is 12.1 Å². The van der Waals surface area contributed by atoms with Crippen molar-refractivity contribution in [1.29, 1.82) is 0 Å². The Hall–Kier alpha value is -1.51. The Balaban J connectivity index is 2.49. The summed E-state index contributed by atoms with van der Waals surface area (Å²) in [5.41, 5.74) is 3.75. The summed E-state index contributed by atoms with van der Waals surface area (Å²) < 4.78 is 2.19. The van der Waals surface area contributed by atoms with E-state index in [1.165, 1.54) is 16.8 Å². The van der Waals surface area contributed by atoms with E-state index in [1.54, 1.807) is 0 Å². The van der Waals surface area contributed by atoms with Crippen LogP contribution in [0.2, 0.25) is 0 Å². The van der Waals surface area contributed by atoms with Crippen LogP contribution in [0.5, 0.6) is 0 Å². The maximum Gasteiger partial charge on any atom is 0.141 e. The molecule has 0 aromatic carbocycles. The van der Waals surface area contributed by atoms with Gasteiger partial charge in [-0.2, -0.15) is 0 Å². The molecular formula is C10H11N3. The van der Waals surface area contributed by atoms with Crippen molar-refractivity contribution < 1.29 is 0 Å². The zero-order valence-electron chi connectivity index (χ0n) is 7.54. The summed E-state index contributed by atoms with van der Waals surface area (Å²) in [6.07, 6.45) is 2.96. The highest BCUT2D eigenvalue weighted by molar-refractivity contribution is 5.93. The molecule has 1 aliphatic rings. The van der Waals surface area contributed by atoms with Crippen molar-refractivity contribution in [3.63, 3.8) is 0 Å². The Kier molecular flexibility index (Phi) is 1.20. The minimum Gasteiger partial charge on any atom is -0.383 e. The topological polar surface area (TPSA) is 29.9 Å². The van der Waals surface area contributed by atoms with Gasteiger partial charge in [0.05, 0.1) is 5.69 Å². The Morgan fingerprint density at radius 3 is 3.38 bits per heavy atom. The summed E-state index contributed by atoms with van der Waals surface area (Å²) in [6, 6.07) is 4.11. The molecule has 1 aliphatic heterocycles. The third-order valence-electron chi connectivity index (χ3n) is 2.73. The molecule has 0 saturated heterocycles. The van der Waals surface area contributed by atoms with Crippen molar-refractivity contribution in [2.45, 2.75) is 6.42 Å². The SMILES string of the molecule is Cn1c2c(c3cccnc31)NCC2. The van der Waals surface area contributed by atoms with Crippen LogP contribution in [0.1, 0.15) is 5.69 Å². The van der Waals surface area contributed by atoms with Crippen LogP contribution in [-0.4, -0.2) is 16.1 Å². The summed E-state index contributed by atoms with van der Waals surface area (Å²) in [4.78, 5) is 4.37. The van der Waals surface area contributed by atoms with E-state index in [9.17, 15) is 0 Å². The monoisotopic (exact) mass is 173 g/mol. The van der Waals surface area contributed by atoms with Gasteiger partial charge in [0.1, 0.15) is 5.65 Å². The van der Waals surface area contributed by atoms with E-state index in [4.69, 9.17) is 0 Å². The van der Waals surface area contributed by atoms with Crippen molar-refractivity contribution in [2.75, 3.05) is 11.9 Å². The second kappa shape index (κ2) is 2.25. The predicted molar refractivity (Wildman–Crippen MR) is 52.9 cm³/mol. The van der Waals surface area contributed by atoms with E-state index >= 15 is 0 Å². The molecule has 0 saturated carbocycles. The number of hydrogen-bond acceptors (Lipinski definition) is 2. The third-order valence-corrected chi connectivity index (χ3v) is 2.73. The average Bonchev–Trinajstić information content (AvgIpc) is 2.72. The molecule has 13 heavy (non-hydrogen) atoms. The number of anilines is 1. The van der Waals surface area contributed by atoms with Gasteiger partial charge >= 0.3 is 0 Å². The van der Waals surface area contributed by atoms with Crippen molar-refractivity contribution in [1.82, 2.24) is 9.55 Å². The van der Waals surface area contributed by atoms with Crippen LogP contribution in [-0.2, 0) is 13.5 Å². The molecule has 0 fully saturated rings. The molecule has 3 heterocycles. The fourth-order valence-electron chi connectivity index (χ4n) is 2.11. The van der Waals surface area contributed by atoms with Crippen molar-refractivity contribution in [2.24, 2.45) is 7.05 Å². The maximum atomic E-state index is 4.37. The fraction of sp³-hybridized carbons (Fsp3) is 0.300. The highest BCUT2D eigenvalue weighted by atomic mass is 15.1. The van der Waals surface area contributed by atoms with Crippen LogP contribution < -0.4 is 5.32 Å². The number of aryl methyl sites for hydroxylation is 1. The first kappa shape index (κ1) is 6.95. The number of hydrogen-bond donors (Lipinski definition) is 1. The zero-order valence-corrected chi connectivity index (χ0v) is 7.54. The van der Waals surface area contributed by atoms with Gasteiger partial charge in [-0.15, -0.1) is 0 Å². The van der Waals surface area contributed by atoms with Crippen molar-refractivity contribution >= 4 is 16.7 Å². The Morgan fingerprint density at radius 2 is 2.46 bits per heavy atom. The van der Waals surface area contributed by atoms with Crippen LogP contribution in [0.15, 0.2) is 18.3 Å². The second-order valence-corrected chi connectivity index (χ2v) is 3.43. The molecule has 3 nitrogen and oxygen atoms in total. The second-order valence-electron chi connectivity index (χ2n) is 3.43. The number of rotatable bonds is 0. The van der Waals surface area contributed by atoms with Gasteiger partial charge in [0.25, 0.3) is 0 Å². The number of nitrogens with zero attached hydrogens (tertiary/aromatic N) is 2. The number of pyridine rings is 1. The van der Waals surface area contributed by atoms with Crippen molar-refractivity contribution in [3.05, 3.63) is 24.0 Å². The standard InChI is InChI=1S/C10H11N3/c1-13-8-4-6-11-9(8)7-3-2-5-12-10(7)13/h2-3,5,11H,4,6H2,1H3. The molecule has 0 spiro atoms. The first-order valence-electron chi connectivity index (χ1n) is 4.54. The van der Waals surface area contributed by atoms with Gasteiger partial charge < -0.3 is 9.88 Å². The minimum atomic E-state index is 1.06. The molecule has 0 bridgehead atoms. The lowest BCUT2D eigenvalue weighted by molar-refractivity contribution is 0.863. The average molecular weight is 173 g/mol. The highest BCUT2D eigenvalue weighted by Gasteiger charge is 2.19. The smallest absolute Gasteiger partial charge is 0.141 e. The molecule has 0 amide bonds. The zero-order chi connectivity index (χ0) is 8.84. The van der Waals surface area contributed by atoms with Gasteiger partial charge in [-0.25, -0.2) is 4.98 Å². The van der Waals surface area contributed by atoms with Gasteiger partial charge in [0.15, 0.2) is 0 Å². The molecule has 0 unspecified atom stereocenters. The third kappa shape index (κ3) is 0.763. The largest absolute Gasteiger partial charge is 0.383 e. The van der Waals surface area contributed by atoms with Crippen LogP contribution in [0.4, 0.5) is 5.69 Å². The lowest BCUT2D eigenvalue weighted by Gasteiger charge is -1.97. The van der Waals surface area contributed by atoms with E-state index < -0.39 is 0 Å². The molecule has 66 valence electrons. The number of nitrogens with one attached hydrogen (secondary N) is 1. The van der Waals surface area contributed by atoms with E-state index in [-0.39, 0.29) is 0 Å². The molecule has 2 aromatic rings. The number of aromatic nitrogens is 2. The maximum absolute atomic E-state index is 4.37. The van der Waals surface area contributed by atoms with E-state index in [1.807, 2.05) is 12.3 Å². The minimum absolute atomic E-state index is 1.06. The summed E-state index contributed by atoms with van der Waals surface area (Å²) in [7, 11) is 2.08. The normalized spacial score (nSPS) is 14.5. The first-order chi connectivity index (χ1) is 6.38. The molecule has 0 atom stereocenters. The quantitative estimate of drug-likeness (QED) is 0.655. The molecule has 0 aliphatic carbocycles.